The van der Waals surface area contributed by atoms with E-state index in [0.29, 0.717) is 10.7 Å². The molecule has 3 rings (SSSR count). The lowest BCUT2D eigenvalue weighted by atomic mass is 10.1. The molecule has 3 aromatic heterocycles. The molecule has 1 amide bonds. The standard InChI is InChI=1S/C21H19F4N3O6S/c1-4-33-21(31)15-9(2)14(20(30)32-3)19(35-15)26-18(29)13-6-5-10(34-13)8-28-12(17(24)25)7-11(27-28)16(22)23/h5-7,16-17H,4,8H2,1-3H3,(H,26,29). The second-order valence-corrected chi connectivity index (χ2v) is 7.97. The Bertz CT molecular complexity index is 1250. The molecule has 0 bridgehead atoms. The third kappa shape index (κ3) is 5.53. The van der Waals surface area contributed by atoms with E-state index < -0.39 is 48.6 Å². The van der Waals surface area contributed by atoms with Gasteiger partial charge in [0.15, 0.2) is 5.76 Å². The molecule has 0 saturated carbocycles. The summed E-state index contributed by atoms with van der Waals surface area (Å²) in [7, 11) is 1.14. The van der Waals surface area contributed by atoms with Gasteiger partial charge in [-0.05, 0) is 37.6 Å². The van der Waals surface area contributed by atoms with Crippen LogP contribution in [0.5, 0.6) is 0 Å². The quantitative estimate of drug-likeness (QED) is 0.315. The highest BCUT2D eigenvalue weighted by Crippen LogP contribution is 2.35. The SMILES string of the molecule is CCOC(=O)c1sc(NC(=O)c2ccc(Cn3nc(C(F)F)cc3C(F)F)o2)c(C(=O)OC)c1C. The van der Waals surface area contributed by atoms with E-state index >= 15 is 0 Å². The average molecular weight is 517 g/mol. The molecule has 3 aromatic rings. The summed E-state index contributed by atoms with van der Waals surface area (Å²) in [5.41, 5.74) is -1.33. The Kier molecular flexibility index (Phi) is 7.94. The van der Waals surface area contributed by atoms with Crippen molar-refractivity contribution in [2.45, 2.75) is 33.2 Å². The predicted molar refractivity (Wildman–Crippen MR) is 114 cm³/mol. The fourth-order valence-electron chi connectivity index (χ4n) is 3.10. The van der Waals surface area contributed by atoms with Crippen LogP contribution in [0.15, 0.2) is 22.6 Å². The van der Waals surface area contributed by atoms with Crippen LogP contribution in [-0.4, -0.2) is 41.3 Å². The van der Waals surface area contributed by atoms with Gasteiger partial charge in [0.1, 0.15) is 27.0 Å². The molecule has 0 aliphatic rings. The first kappa shape index (κ1) is 25.9. The van der Waals surface area contributed by atoms with Gasteiger partial charge in [-0.1, -0.05) is 0 Å². The summed E-state index contributed by atoms with van der Waals surface area (Å²) in [4.78, 5) is 37.2. The first-order valence-corrected chi connectivity index (χ1v) is 10.8. The van der Waals surface area contributed by atoms with Crippen molar-refractivity contribution >= 4 is 34.2 Å². The van der Waals surface area contributed by atoms with Crippen LogP contribution in [0, 0.1) is 6.92 Å². The zero-order chi connectivity index (χ0) is 25.9. The number of carbonyl (C=O) groups is 3. The Morgan fingerprint density at radius 1 is 1.17 bits per heavy atom. The van der Waals surface area contributed by atoms with E-state index in [2.05, 4.69) is 10.4 Å². The van der Waals surface area contributed by atoms with E-state index in [4.69, 9.17) is 13.9 Å². The van der Waals surface area contributed by atoms with Gasteiger partial charge >= 0.3 is 11.9 Å². The van der Waals surface area contributed by atoms with E-state index in [0.717, 1.165) is 18.4 Å². The lowest BCUT2D eigenvalue weighted by molar-refractivity contribution is 0.0531. The van der Waals surface area contributed by atoms with Gasteiger partial charge < -0.3 is 19.2 Å². The third-order valence-electron chi connectivity index (χ3n) is 4.69. The number of hydrogen-bond donors (Lipinski definition) is 1. The number of furan rings is 1. The molecule has 0 aliphatic heterocycles. The minimum absolute atomic E-state index is 0.00833. The molecule has 0 aromatic carbocycles. The number of amides is 1. The summed E-state index contributed by atoms with van der Waals surface area (Å²) in [6.07, 6.45) is -6.09. The van der Waals surface area contributed by atoms with Crippen LogP contribution in [0.1, 0.15) is 73.1 Å². The maximum atomic E-state index is 13.2. The predicted octanol–water partition coefficient (Wildman–Crippen LogP) is 4.99. The average Bonchev–Trinajstić information content (AvgIpc) is 3.51. The summed E-state index contributed by atoms with van der Waals surface area (Å²) in [6, 6.07) is 3.12. The fourth-order valence-corrected chi connectivity index (χ4v) is 4.18. The lowest BCUT2D eigenvalue weighted by Crippen LogP contribution is -2.13. The van der Waals surface area contributed by atoms with Gasteiger partial charge in [0.25, 0.3) is 18.8 Å². The molecule has 0 aliphatic carbocycles. The first-order chi connectivity index (χ1) is 16.6. The van der Waals surface area contributed by atoms with E-state index in [1.165, 1.54) is 19.1 Å². The maximum absolute atomic E-state index is 13.2. The van der Waals surface area contributed by atoms with E-state index in [1.54, 1.807) is 6.92 Å². The van der Waals surface area contributed by atoms with E-state index in [9.17, 15) is 31.9 Å². The largest absolute Gasteiger partial charge is 0.465 e. The van der Waals surface area contributed by atoms with Crippen LogP contribution in [-0.2, 0) is 16.0 Å². The fraction of sp³-hybridized carbons (Fsp3) is 0.333. The third-order valence-corrected chi connectivity index (χ3v) is 5.88. The Morgan fingerprint density at radius 3 is 2.49 bits per heavy atom. The van der Waals surface area contributed by atoms with Crippen molar-refractivity contribution < 1.29 is 45.8 Å². The van der Waals surface area contributed by atoms with Crippen molar-refractivity contribution in [3.8, 4) is 0 Å². The molecular weight excluding hydrogens is 498 g/mol. The topological polar surface area (TPSA) is 113 Å². The Labute approximate surface area is 199 Å². The van der Waals surface area contributed by atoms with Crippen molar-refractivity contribution in [1.82, 2.24) is 9.78 Å². The number of nitrogens with one attached hydrogen (secondary N) is 1. The molecule has 14 heteroatoms. The Hall–Kier alpha value is -3.68. The molecule has 0 spiro atoms. The molecule has 0 saturated heterocycles. The van der Waals surface area contributed by atoms with Crippen LogP contribution >= 0.6 is 11.3 Å². The van der Waals surface area contributed by atoms with Crippen LogP contribution in [0.2, 0.25) is 0 Å². The maximum Gasteiger partial charge on any atom is 0.348 e. The van der Waals surface area contributed by atoms with Crippen molar-refractivity contribution in [2.24, 2.45) is 0 Å². The summed E-state index contributed by atoms with van der Waals surface area (Å²) >= 11 is 0.803. The zero-order valence-electron chi connectivity index (χ0n) is 18.6. The highest BCUT2D eigenvalue weighted by atomic mass is 32.1. The number of alkyl halides is 4. The van der Waals surface area contributed by atoms with E-state index in [1.807, 2.05) is 0 Å². The molecule has 0 atom stereocenters. The van der Waals surface area contributed by atoms with Crippen molar-refractivity contribution in [1.29, 1.82) is 0 Å². The minimum atomic E-state index is -3.06. The molecule has 1 N–H and O–H groups in total. The van der Waals surface area contributed by atoms with Gasteiger partial charge in [-0.15, -0.1) is 11.3 Å². The second kappa shape index (κ2) is 10.7. The number of esters is 2. The zero-order valence-corrected chi connectivity index (χ0v) is 19.4. The summed E-state index contributed by atoms with van der Waals surface area (Å²) in [5, 5.41) is 5.94. The number of thiophene rings is 1. The normalized spacial score (nSPS) is 11.2. The summed E-state index contributed by atoms with van der Waals surface area (Å²) in [6.45, 7) is 2.77. The number of anilines is 1. The minimum Gasteiger partial charge on any atom is -0.465 e. The van der Waals surface area contributed by atoms with Crippen LogP contribution in [0.25, 0.3) is 0 Å². The lowest BCUT2D eigenvalue weighted by Gasteiger charge is -2.05. The molecule has 9 nitrogen and oxygen atoms in total. The molecule has 188 valence electrons. The summed E-state index contributed by atoms with van der Waals surface area (Å²) < 4.78 is 67.8. The highest BCUT2D eigenvalue weighted by Gasteiger charge is 2.28. The van der Waals surface area contributed by atoms with Gasteiger partial charge in [0, 0.05) is 0 Å². The number of aromatic nitrogens is 2. The number of rotatable bonds is 9. The van der Waals surface area contributed by atoms with Crippen LogP contribution in [0.3, 0.4) is 0 Å². The molecule has 0 radical (unpaired) electrons. The number of nitrogens with zero attached hydrogens (tertiary/aromatic N) is 2. The molecule has 3 heterocycles. The monoisotopic (exact) mass is 517 g/mol. The van der Waals surface area contributed by atoms with Gasteiger partial charge in [-0.25, -0.2) is 27.2 Å². The molecule has 0 unspecified atom stereocenters. The molecule has 0 fully saturated rings. The van der Waals surface area contributed by atoms with Gasteiger partial charge in [-0.3, -0.25) is 9.48 Å². The number of hydrogen-bond acceptors (Lipinski definition) is 8. The number of halogens is 4. The Morgan fingerprint density at radius 2 is 1.89 bits per heavy atom. The van der Waals surface area contributed by atoms with Gasteiger partial charge in [0.2, 0.25) is 0 Å². The van der Waals surface area contributed by atoms with Crippen molar-refractivity contribution in [3.63, 3.8) is 0 Å². The number of methoxy groups -OCH3 is 1. The Balaban J connectivity index is 1.84. The van der Waals surface area contributed by atoms with Crippen molar-refractivity contribution in [2.75, 3.05) is 19.0 Å². The van der Waals surface area contributed by atoms with Crippen molar-refractivity contribution in [3.05, 3.63) is 57.1 Å². The van der Waals surface area contributed by atoms with E-state index in [-0.39, 0.29) is 39.1 Å². The van der Waals surface area contributed by atoms with Crippen LogP contribution in [0.4, 0.5) is 22.6 Å². The summed E-state index contributed by atoms with van der Waals surface area (Å²) in [5.74, 6) is -2.57. The van der Waals surface area contributed by atoms with Gasteiger partial charge in [-0.2, -0.15) is 5.10 Å². The first-order valence-electron chi connectivity index (χ1n) is 10.00. The number of carbonyl (C=O) groups excluding carboxylic acids is 3. The van der Waals surface area contributed by atoms with Crippen LogP contribution < -0.4 is 5.32 Å². The second-order valence-electron chi connectivity index (χ2n) is 6.95. The molecular formula is C21H19F4N3O6S. The highest BCUT2D eigenvalue weighted by molar-refractivity contribution is 7.18. The molecule has 35 heavy (non-hydrogen) atoms. The van der Waals surface area contributed by atoms with Gasteiger partial charge in [0.05, 0.1) is 25.8 Å². The smallest absolute Gasteiger partial charge is 0.348 e. The number of ether oxygens (including phenoxy) is 2.